The first-order chi connectivity index (χ1) is 11.0. The molecule has 0 radical (unpaired) electrons. The molecule has 0 saturated carbocycles. The van der Waals surface area contributed by atoms with E-state index in [-0.39, 0.29) is 29.2 Å². The van der Waals surface area contributed by atoms with Crippen LogP contribution < -0.4 is 10.9 Å². The molecule has 1 aliphatic heterocycles. The van der Waals surface area contributed by atoms with Crippen LogP contribution in [0.2, 0.25) is 0 Å². The first-order valence-electron chi connectivity index (χ1n) is 7.23. The molecule has 3 amide bonds. The van der Waals surface area contributed by atoms with Gasteiger partial charge in [-0.15, -0.1) is 11.8 Å². The van der Waals surface area contributed by atoms with Gasteiger partial charge in [0.2, 0.25) is 11.8 Å². The summed E-state index contributed by atoms with van der Waals surface area (Å²) in [5.74, 6) is 0.429. The second kappa shape index (κ2) is 8.83. The maximum atomic E-state index is 11.7. The van der Waals surface area contributed by atoms with Crippen LogP contribution in [0.15, 0.2) is 29.2 Å². The smallest absolute Gasteiger partial charge is 0.281 e. The minimum atomic E-state index is -0.302. The van der Waals surface area contributed by atoms with Gasteiger partial charge in [0.15, 0.2) is 0 Å². The van der Waals surface area contributed by atoms with E-state index in [4.69, 9.17) is 0 Å². The number of thioether (sulfide) groups is 2. The van der Waals surface area contributed by atoms with Crippen molar-refractivity contribution in [2.45, 2.75) is 18.2 Å². The highest BCUT2D eigenvalue weighted by atomic mass is 32.2. The molecule has 0 aliphatic carbocycles. The van der Waals surface area contributed by atoms with Gasteiger partial charge in [0.05, 0.1) is 5.75 Å². The minimum Gasteiger partial charge on any atom is -0.332 e. The Balaban J connectivity index is 1.60. The van der Waals surface area contributed by atoms with Gasteiger partial charge in [-0.25, -0.2) is 0 Å². The molecule has 0 atom stereocenters. The normalized spacial score (nSPS) is 14.0. The minimum absolute atomic E-state index is 0.0105. The van der Waals surface area contributed by atoms with E-state index in [1.54, 1.807) is 4.90 Å². The molecule has 1 saturated heterocycles. The van der Waals surface area contributed by atoms with Crippen molar-refractivity contribution in [3.05, 3.63) is 29.8 Å². The molecule has 0 spiro atoms. The number of benzene rings is 1. The lowest BCUT2D eigenvalue weighted by molar-refractivity contribution is -0.127. The van der Waals surface area contributed by atoms with Crippen LogP contribution in [0.4, 0.5) is 4.79 Å². The predicted molar refractivity (Wildman–Crippen MR) is 92.2 cm³/mol. The van der Waals surface area contributed by atoms with E-state index >= 15 is 0 Å². The molecule has 0 unspecified atom stereocenters. The zero-order chi connectivity index (χ0) is 16.7. The topological polar surface area (TPSA) is 78.5 Å². The average Bonchev–Trinajstić information content (AvgIpc) is 2.95. The van der Waals surface area contributed by atoms with Crippen molar-refractivity contribution >= 4 is 40.6 Å². The monoisotopic (exact) mass is 353 g/mol. The second-order valence-electron chi connectivity index (χ2n) is 5.05. The van der Waals surface area contributed by atoms with Crippen LogP contribution >= 0.6 is 23.5 Å². The molecule has 1 fully saturated rings. The zero-order valence-electron chi connectivity index (χ0n) is 12.8. The Hall–Kier alpha value is -1.67. The van der Waals surface area contributed by atoms with Crippen LogP contribution in [0, 0.1) is 6.92 Å². The lowest BCUT2D eigenvalue weighted by Gasteiger charge is -2.14. The van der Waals surface area contributed by atoms with E-state index in [0.29, 0.717) is 13.1 Å². The fourth-order valence-electron chi connectivity index (χ4n) is 1.89. The summed E-state index contributed by atoms with van der Waals surface area (Å²) in [6.45, 7) is 3.06. The van der Waals surface area contributed by atoms with E-state index in [1.165, 1.54) is 29.1 Å². The Labute approximate surface area is 143 Å². The summed E-state index contributed by atoms with van der Waals surface area (Å²) in [5.41, 5.74) is 5.92. The van der Waals surface area contributed by atoms with Crippen molar-refractivity contribution in [1.29, 1.82) is 0 Å². The number of hydrazine groups is 1. The lowest BCUT2D eigenvalue weighted by Crippen LogP contribution is -2.43. The summed E-state index contributed by atoms with van der Waals surface area (Å²) in [5, 5.41) is 0.0105. The molecule has 1 aliphatic rings. The Bertz CT molecular complexity index is 578. The number of carbonyl (C=O) groups is 3. The molecule has 23 heavy (non-hydrogen) atoms. The number of hydrogen-bond donors (Lipinski definition) is 2. The van der Waals surface area contributed by atoms with Gasteiger partial charge >= 0.3 is 0 Å². The van der Waals surface area contributed by atoms with Gasteiger partial charge in [-0.05, 0) is 19.1 Å². The Kier molecular flexibility index (Phi) is 6.79. The Morgan fingerprint density at radius 2 is 1.91 bits per heavy atom. The molecule has 1 aromatic carbocycles. The first-order valence-corrected chi connectivity index (χ1v) is 9.20. The number of rotatable bonds is 6. The Morgan fingerprint density at radius 1 is 1.22 bits per heavy atom. The Morgan fingerprint density at radius 3 is 2.57 bits per heavy atom. The maximum absolute atomic E-state index is 11.7. The molecular formula is C15H19N3O3S2. The van der Waals surface area contributed by atoms with E-state index in [2.05, 4.69) is 10.9 Å². The van der Waals surface area contributed by atoms with Crippen LogP contribution in [0.5, 0.6) is 0 Å². The van der Waals surface area contributed by atoms with Crippen molar-refractivity contribution in [1.82, 2.24) is 15.8 Å². The highest BCUT2D eigenvalue weighted by molar-refractivity contribution is 8.13. The standard InChI is InChI=1S/C15H19N3O3S2/c1-11-2-4-12(5-3-11)23-10-14(20)17-16-13(19)6-7-18-8-9-22-15(18)21/h2-5H,6-10H2,1H3,(H,16,19)(H,17,20). The SMILES string of the molecule is Cc1ccc(SCC(=O)NNC(=O)CCN2CCSC2=O)cc1. The van der Waals surface area contributed by atoms with Crippen LogP contribution in [0.25, 0.3) is 0 Å². The van der Waals surface area contributed by atoms with Crippen molar-refractivity contribution in [2.75, 3.05) is 24.6 Å². The summed E-state index contributed by atoms with van der Waals surface area (Å²) < 4.78 is 0. The van der Waals surface area contributed by atoms with Crippen molar-refractivity contribution in [3.8, 4) is 0 Å². The van der Waals surface area contributed by atoms with Crippen molar-refractivity contribution in [3.63, 3.8) is 0 Å². The summed E-state index contributed by atoms with van der Waals surface area (Å²) in [6, 6.07) is 7.88. The predicted octanol–water partition coefficient (Wildman–Crippen LogP) is 1.79. The van der Waals surface area contributed by atoms with Gasteiger partial charge < -0.3 is 4.90 Å². The third-order valence-corrected chi connectivity index (χ3v) is 5.09. The van der Waals surface area contributed by atoms with Crippen molar-refractivity contribution in [2.24, 2.45) is 0 Å². The number of aryl methyl sites for hydroxylation is 1. The fourth-order valence-corrected chi connectivity index (χ4v) is 3.44. The summed E-state index contributed by atoms with van der Waals surface area (Å²) in [7, 11) is 0. The van der Waals surface area contributed by atoms with E-state index in [1.807, 2.05) is 31.2 Å². The first kappa shape index (κ1) is 17.7. The largest absolute Gasteiger partial charge is 0.332 e. The molecule has 124 valence electrons. The number of hydrogen-bond acceptors (Lipinski definition) is 5. The number of amides is 3. The molecule has 2 N–H and O–H groups in total. The molecule has 1 aromatic rings. The second-order valence-corrected chi connectivity index (χ2v) is 7.14. The van der Waals surface area contributed by atoms with E-state index in [9.17, 15) is 14.4 Å². The lowest BCUT2D eigenvalue weighted by atomic mass is 10.2. The highest BCUT2D eigenvalue weighted by Crippen LogP contribution is 2.18. The summed E-state index contributed by atoms with van der Waals surface area (Å²) in [6.07, 6.45) is 0.178. The molecule has 6 nitrogen and oxygen atoms in total. The maximum Gasteiger partial charge on any atom is 0.281 e. The van der Waals surface area contributed by atoms with E-state index < -0.39 is 0 Å². The van der Waals surface area contributed by atoms with Crippen LogP contribution in [0.1, 0.15) is 12.0 Å². The summed E-state index contributed by atoms with van der Waals surface area (Å²) >= 11 is 2.67. The van der Waals surface area contributed by atoms with Crippen LogP contribution in [-0.4, -0.2) is 46.5 Å². The molecule has 0 aromatic heterocycles. The van der Waals surface area contributed by atoms with Gasteiger partial charge in [0, 0.05) is 30.2 Å². The average molecular weight is 353 g/mol. The van der Waals surface area contributed by atoms with Gasteiger partial charge in [-0.3, -0.25) is 25.2 Å². The van der Waals surface area contributed by atoms with Gasteiger partial charge in [0.1, 0.15) is 0 Å². The number of carbonyl (C=O) groups excluding carboxylic acids is 3. The van der Waals surface area contributed by atoms with E-state index in [0.717, 1.165) is 10.6 Å². The fraction of sp³-hybridized carbons (Fsp3) is 0.400. The third-order valence-electron chi connectivity index (χ3n) is 3.19. The number of nitrogens with zero attached hydrogens (tertiary/aromatic N) is 1. The third kappa shape index (κ3) is 6.15. The molecular weight excluding hydrogens is 334 g/mol. The van der Waals surface area contributed by atoms with Gasteiger partial charge in [0.25, 0.3) is 5.24 Å². The van der Waals surface area contributed by atoms with Crippen LogP contribution in [0.3, 0.4) is 0 Å². The van der Waals surface area contributed by atoms with Crippen molar-refractivity contribution < 1.29 is 14.4 Å². The molecule has 2 rings (SSSR count). The quantitative estimate of drug-likeness (QED) is 0.602. The molecule has 8 heteroatoms. The molecule has 1 heterocycles. The summed E-state index contributed by atoms with van der Waals surface area (Å²) in [4.78, 5) is 37.3. The zero-order valence-corrected chi connectivity index (χ0v) is 14.5. The van der Waals surface area contributed by atoms with Crippen LogP contribution in [-0.2, 0) is 9.59 Å². The highest BCUT2D eigenvalue weighted by Gasteiger charge is 2.21. The molecule has 0 bridgehead atoms. The van der Waals surface area contributed by atoms with Gasteiger partial charge in [-0.1, -0.05) is 29.5 Å². The van der Waals surface area contributed by atoms with Gasteiger partial charge in [-0.2, -0.15) is 0 Å². The number of nitrogens with one attached hydrogen (secondary N) is 2.